The van der Waals surface area contributed by atoms with Gasteiger partial charge in [0, 0.05) is 16.3 Å². The lowest BCUT2D eigenvalue weighted by atomic mass is 10.1. The number of carbonyl (C=O) groups is 2. The molecule has 6 nitrogen and oxygen atoms in total. The average molecular weight is 393 g/mol. The Kier molecular flexibility index (Phi) is 4.77. The first-order chi connectivity index (χ1) is 12.2. The summed E-state index contributed by atoms with van der Waals surface area (Å²) in [7, 11) is -3.66. The largest absolute Gasteiger partial charge is 0.322 e. The van der Waals surface area contributed by atoms with Crippen molar-refractivity contribution in [1.82, 2.24) is 0 Å². The van der Waals surface area contributed by atoms with Crippen LogP contribution in [0.2, 0.25) is 5.02 Å². The van der Waals surface area contributed by atoms with E-state index in [1.54, 1.807) is 32.0 Å². The van der Waals surface area contributed by atoms with Gasteiger partial charge in [-0.1, -0.05) is 24.6 Å². The van der Waals surface area contributed by atoms with Crippen LogP contribution >= 0.6 is 11.6 Å². The van der Waals surface area contributed by atoms with Crippen LogP contribution in [0.5, 0.6) is 0 Å². The van der Waals surface area contributed by atoms with Crippen LogP contribution in [0.4, 0.5) is 11.4 Å². The molecule has 0 unspecified atom stereocenters. The lowest BCUT2D eigenvalue weighted by Gasteiger charge is -2.15. The monoisotopic (exact) mass is 392 g/mol. The van der Waals surface area contributed by atoms with Crippen molar-refractivity contribution in [3.63, 3.8) is 0 Å². The first-order valence-corrected chi connectivity index (χ1v) is 9.93. The Morgan fingerprint density at radius 2 is 1.85 bits per heavy atom. The number of halogens is 1. The number of nitrogens with one attached hydrogen (secondary N) is 1. The van der Waals surface area contributed by atoms with Gasteiger partial charge in [-0.15, -0.1) is 0 Å². The molecule has 2 amide bonds. The summed E-state index contributed by atoms with van der Waals surface area (Å²) in [6.07, 6.45) is 0. The summed E-state index contributed by atoms with van der Waals surface area (Å²) in [6, 6.07) is 11.1. The maximum Gasteiger partial charge on any atom is 0.255 e. The highest BCUT2D eigenvalue weighted by atomic mass is 35.5. The van der Waals surface area contributed by atoms with Crippen LogP contribution in [0.1, 0.15) is 22.8 Å². The van der Waals surface area contributed by atoms with Gasteiger partial charge in [0.15, 0.2) is 0 Å². The molecule has 1 saturated heterocycles. The van der Waals surface area contributed by atoms with Gasteiger partial charge in [0.25, 0.3) is 5.91 Å². The fraction of sp³-hybridized carbons (Fsp3) is 0.222. The number of hydrogen-bond donors (Lipinski definition) is 1. The molecule has 1 aliphatic rings. The number of benzene rings is 2. The molecule has 0 saturated carbocycles. The number of anilines is 2. The van der Waals surface area contributed by atoms with Gasteiger partial charge in [-0.2, -0.15) is 0 Å². The Bertz CT molecular complexity index is 987. The average Bonchev–Trinajstić information content (AvgIpc) is 2.79. The quantitative estimate of drug-likeness (QED) is 0.869. The van der Waals surface area contributed by atoms with E-state index >= 15 is 0 Å². The number of nitrogens with zero attached hydrogens (tertiary/aromatic N) is 1. The third-order valence-corrected chi connectivity index (χ3v) is 6.52. The Hall–Kier alpha value is -2.38. The van der Waals surface area contributed by atoms with Crippen molar-refractivity contribution >= 4 is 44.8 Å². The second-order valence-electron chi connectivity index (χ2n) is 6.20. The highest BCUT2D eigenvalue weighted by molar-refractivity contribution is 7.94. The lowest BCUT2D eigenvalue weighted by molar-refractivity contribution is -0.119. The normalized spacial score (nSPS) is 18.8. The molecule has 0 aromatic heterocycles. The van der Waals surface area contributed by atoms with E-state index in [9.17, 15) is 18.0 Å². The van der Waals surface area contributed by atoms with E-state index in [1.807, 2.05) is 0 Å². The summed E-state index contributed by atoms with van der Waals surface area (Å²) in [5.41, 5.74) is 1.92. The van der Waals surface area contributed by atoms with E-state index < -0.39 is 21.8 Å². The molecule has 3 rings (SSSR count). The molecule has 0 spiro atoms. The molecule has 0 aliphatic carbocycles. The zero-order valence-corrected chi connectivity index (χ0v) is 15.8. The molecule has 2 aromatic carbocycles. The zero-order chi connectivity index (χ0) is 19.1. The molecule has 1 heterocycles. The molecule has 26 heavy (non-hydrogen) atoms. The van der Waals surface area contributed by atoms with E-state index in [2.05, 4.69) is 5.32 Å². The van der Waals surface area contributed by atoms with Crippen molar-refractivity contribution in [2.45, 2.75) is 13.8 Å². The van der Waals surface area contributed by atoms with E-state index in [0.29, 0.717) is 16.3 Å². The number of carbonyl (C=O) groups excluding carboxylic acids is 2. The molecule has 2 aromatic rings. The predicted molar refractivity (Wildman–Crippen MR) is 101 cm³/mol. The third kappa shape index (κ3) is 3.32. The minimum Gasteiger partial charge on any atom is -0.322 e. The zero-order valence-electron chi connectivity index (χ0n) is 14.2. The first-order valence-electron chi connectivity index (χ1n) is 7.94. The molecule has 1 fully saturated rings. The molecular weight excluding hydrogens is 376 g/mol. The maximum atomic E-state index is 12.4. The molecule has 8 heteroatoms. The molecule has 1 atom stereocenters. The lowest BCUT2D eigenvalue weighted by Crippen LogP contribution is -2.30. The van der Waals surface area contributed by atoms with E-state index in [4.69, 9.17) is 11.6 Å². The Morgan fingerprint density at radius 1 is 1.19 bits per heavy atom. The van der Waals surface area contributed by atoms with Crippen LogP contribution in [0.15, 0.2) is 42.5 Å². The van der Waals surface area contributed by atoms with Crippen molar-refractivity contribution in [3.05, 3.63) is 58.6 Å². The van der Waals surface area contributed by atoms with E-state index in [0.717, 1.165) is 9.87 Å². The third-order valence-electron chi connectivity index (χ3n) is 4.24. The van der Waals surface area contributed by atoms with Gasteiger partial charge < -0.3 is 5.32 Å². The van der Waals surface area contributed by atoms with Gasteiger partial charge in [-0.3, -0.25) is 9.59 Å². The summed E-state index contributed by atoms with van der Waals surface area (Å²) in [5, 5.41) is 3.31. The van der Waals surface area contributed by atoms with Crippen LogP contribution in [0, 0.1) is 12.8 Å². The van der Waals surface area contributed by atoms with E-state index in [1.165, 1.54) is 24.3 Å². The fourth-order valence-electron chi connectivity index (χ4n) is 2.77. The second-order valence-corrected chi connectivity index (χ2v) is 8.47. The van der Waals surface area contributed by atoms with Gasteiger partial charge in [0.1, 0.15) is 0 Å². The number of amides is 2. The first kappa shape index (κ1) is 18.4. The highest BCUT2D eigenvalue weighted by Gasteiger charge is 2.41. The smallest absolute Gasteiger partial charge is 0.255 e. The van der Waals surface area contributed by atoms with Crippen molar-refractivity contribution in [2.75, 3.05) is 15.4 Å². The summed E-state index contributed by atoms with van der Waals surface area (Å²) >= 11 is 6.04. The van der Waals surface area contributed by atoms with Crippen molar-refractivity contribution in [3.8, 4) is 0 Å². The minimum atomic E-state index is -3.66. The van der Waals surface area contributed by atoms with Gasteiger partial charge in [-0.25, -0.2) is 12.7 Å². The molecule has 1 aliphatic heterocycles. The summed E-state index contributed by atoms with van der Waals surface area (Å²) in [6.45, 7) is 3.38. The molecule has 136 valence electrons. The summed E-state index contributed by atoms with van der Waals surface area (Å²) in [4.78, 5) is 24.5. The van der Waals surface area contributed by atoms with Gasteiger partial charge in [-0.05, 0) is 48.9 Å². The minimum absolute atomic E-state index is 0.206. The predicted octanol–water partition coefficient (Wildman–Crippen LogP) is 3.21. The van der Waals surface area contributed by atoms with Crippen LogP contribution < -0.4 is 9.62 Å². The Balaban J connectivity index is 1.83. The molecule has 0 bridgehead atoms. The second kappa shape index (κ2) is 6.74. The molecular formula is C18H17ClN2O4S. The van der Waals surface area contributed by atoms with Gasteiger partial charge in [0.2, 0.25) is 15.9 Å². The van der Waals surface area contributed by atoms with Crippen molar-refractivity contribution < 1.29 is 18.0 Å². The molecule has 1 N–H and O–H groups in total. The van der Waals surface area contributed by atoms with Crippen LogP contribution in [0.25, 0.3) is 0 Å². The van der Waals surface area contributed by atoms with E-state index in [-0.39, 0.29) is 17.3 Å². The number of hydrogen-bond acceptors (Lipinski definition) is 4. The number of sulfonamides is 1. The topological polar surface area (TPSA) is 83.6 Å². The van der Waals surface area contributed by atoms with Gasteiger partial charge >= 0.3 is 0 Å². The summed E-state index contributed by atoms with van der Waals surface area (Å²) in [5.74, 6) is -1.60. The van der Waals surface area contributed by atoms with Crippen molar-refractivity contribution in [1.29, 1.82) is 0 Å². The fourth-order valence-corrected chi connectivity index (χ4v) is 4.77. The SMILES string of the molecule is Cc1c(Cl)cccc1NC(=O)c1ccc(N2C(=O)[C@H](C)CS2(=O)=O)cc1. The maximum absolute atomic E-state index is 12.4. The van der Waals surface area contributed by atoms with Crippen LogP contribution in [0.3, 0.4) is 0 Å². The Morgan fingerprint density at radius 3 is 2.42 bits per heavy atom. The summed E-state index contributed by atoms with van der Waals surface area (Å²) < 4.78 is 25.1. The van der Waals surface area contributed by atoms with Crippen LogP contribution in [-0.4, -0.2) is 26.0 Å². The highest BCUT2D eigenvalue weighted by Crippen LogP contribution is 2.29. The molecule has 0 radical (unpaired) electrons. The standard InChI is InChI=1S/C18H17ClN2O4S/c1-11-10-26(24,25)21(18(11)23)14-8-6-13(7-9-14)17(22)20-16-5-3-4-15(19)12(16)2/h3-9,11H,10H2,1-2H3,(H,20,22)/t11-/m1/s1. The van der Waals surface area contributed by atoms with Crippen LogP contribution in [-0.2, 0) is 14.8 Å². The van der Waals surface area contributed by atoms with Crippen molar-refractivity contribution in [2.24, 2.45) is 5.92 Å². The Labute approximate surface area is 156 Å². The number of rotatable bonds is 3. The van der Waals surface area contributed by atoms with Gasteiger partial charge in [0.05, 0.1) is 17.4 Å².